The fraction of sp³-hybridized carbons (Fsp3) is 0.475. The van der Waals surface area contributed by atoms with Crippen molar-refractivity contribution >= 4 is 76.9 Å². The number of anilines is 3. The number of nitrogens with zero attached hydrogens (tertiary/aromatic N) is 2. The maximum absolute atomic E-state index is 14.4. The molecule has 4 aromatic rings. The summed E-state index contributed by atoms with van der Waals surface area (Å²) in [6.07, 6.45) is 2.46. The van der Waals surface area contributed by atoms with Crippen molar-refractivity contribution in [2.45, 2.75) is 97.6 Å². The lowest BCUT2D eigenvalue weighted by atomic mass is 10.1. The molecule has 0 aliphatic rings. The van der Waals surface area contributed by atoms with Gasteiger partial charge in [-0.2, -0.15) is 4.36 Å². The van der Waals surface area contributed by atoms with E-state index < -0.39 is 32.3 Å². The number of carbonyl (C=O) groups excluding carboxylic acids is 2. The summed E-state index contributed by atoms with van der Waals surface area (Å²) in [5.74, 6) is 0.175. The van der Waals surface area contributed by atoms with Crippen molar-refractivity contribution < 1.29 is 22.6 Å². The molecular formula is C40H59N5O5S2Si2. The van der Waals surface area contributed by atoms with Crippen LogP contribution in [-0.2, 0) is 18.6 Å². The summed E-state index contributed by atoms with van der Waals surface area (Å²) < 4.78 is 32.5. The summed E-state index contributed by atoms with van der Waals surface area (Å²) in [7, 11) is -6.91. The van der Waals surface area contributed by atoms with Crippen LogP contribution in [0.1, 0.15) is 70.3 Å². The Morgan fingerprint density at radius 3 is 1.98 bits per heavy atom. The Balaban J connectivity index is 1.54. The Kier molecular flexibility index (Phi) is 13.8. The Morgan fingerprint density at radius 1 is 0.852 bits per heavy atom. The zero-order valence-electron chi connectivity index (χ0n) is 33.8. The van der Waals surface area contributed by atoms with Crippen LogP contribution in [0, 0.1) is 6.92 Å². The predicted octanol–water partition coefficient (Wildman–Crippen LogP) is 10.9. The van der Waals surface area contributed by atoms with E-state index in [0.29, 0.717) is 43.0 Å². The van der Waals surface area contributed by atoms with Crippen LogP contribution in [0.2, 0.25) is 36.3 Å². The topological polar surface area (TPSA) is 145 Å². The number of pyridine rings is 1. The Bertz CT molecular complexity index is 2050. The van der Waals surface area contributed by atoms with E-state index >= 15 is 0 Å². The van der Waals surface area contributed by atoms with E-state index in [1.165, 1.54) is 17.5 Å². The highest BCUT2D eigenvalue weighted by Gasteiger charge is 2.38. The Morgan fingerprint density at radius 2 is 1.43 bits per heavy atom. The first-order valence-electron chi connectivity index (χ1n) is 18.5. The Labute approximate surface area is 328 Å². The molecule has 0 aliphatic heterocycles. The third-order valence-electron chi connectivity index (χ3n) is 10.5. The summed E-state index contributed by atoms with van der Waals surface area (Å²) in [6, 6.07) is 16.5. The summed E-state index contributed by atoms with van der Waals surface area (Å²) in [4.78, 5) is 31.6. The van der Waals surface area contributed by atoms with E-state index in [1.807, 2.05) is 55.5 Å². The molecule has 2 aromatic carbocycles. The molecule has 0 saturated carbocycles. The van der Waals surface area contributed by atoms with Crippen LogP contribution in [0.5, 0.6) is 0 Å². The molecule has 2 heterocycles. The summed E-state index contributed by atoms with van der Waals surface area (Å²) in [6.45, 7) is 24.8. The van der Waals surface area contributed by atoms with Gasteiger partial charge < -0.3 is 25.2 Å². The number of thiophene rings is 1. The number of nitrogen functional groups attached to an aromatic ring is 1. The molecule has 3 amide bonds. The number of aryl methyl sites for hydroxylation is 1. The molecule has 0 bridgehead atoms. The van der Waals surface area contributed by atoms with Crippen LogP contribution in [-0.4, -0.2) is 62.5 Å². The zero-order valence-corrected chi connectivity index (χ0v) is 37.5. The number of amides is 3. The average Bonchev–Trinajstić information content (AvgIpc) is 3.47. The van der Waals surface area contributed by atoms with E-state index in [2.05, 4.69) is 87.7 Å². The van der Waals surface area contributed by atoms with E-state index in [0.717, 1.165) is 20.5 Å². The lowest BCUT2D eigenvalue weighted by Gasteiger charge is -2.36. The molecular weight excluding hydrogens is 751 g/mol. The van der Waals surface area contributed by atoms with Gasteiger partial charge in [-0.15, -0.1) is 11.3 Å². The molecule has 0 fully saturated rings. The van der Waals surface area contributed by atoms with E-state index in [1.54, 1.807) is 6.07 Å². The van der Waals surface area contributed by atoms with Crippen LogP contribution < -0.4 is 16.4 Å². The van der Waals surface area contributed by atoms with Gasteiger partial charge in [0.2, 0.25) is 0 Å². The standard InChI is InChI=1S/C40H59N5O5S2Si2/c1-28-15-12-16-31(23-28)43-38(47)44-32-17-18-34-29(24-32)26-35(51-34)33-25-30(27-42-36(33)41)37(46)45-52(48,21-13-19-49-53(8,9)39(2,3)4)22-14-20-50-54(10,11)40(5,6)7/h12,15-18,23-27H,13-14,19-22H2,1-11H3,(H2,41,42)(H2,43,44,47). The largest absolute Gasteiger partial charge is 0.417 e. The molecule has 0 aliphatic carbocycles. The second kappa shape index (κ2) is 17.2. The number of aromatic nitrogens is 1. The monoisotopic (exact) mass is 809 g/mol. The van der Waals surface area contributed by atoms with Gasteiger partial charge in [-0.1, -0.05) is 53.7 Å². The molecule has 0 saturated heterocycles. The first-order valence-corrected chi connectivity index (χ1v) is 27.0. The number of nitrogens with one attached hydrogen (secondary N) is 2. The van der Waals surface area contributed by atoms with Gasteiger partial charge in [0.25, 0.3) is 5.91 Å². The van der Waals surface area contributed by atoms with E-state index in [9.17, 15) is 13.8 Å². The predicted molar refractivity (Wildman–Crippen MR) is 233 cm³/mol. The minimum atomic E-state index is -2.94. The SMILES string of the molecule is Cc1cccc(NC(=O)Nc2ccc3sc(-c4cc(C(=O)N=S(=O)(CCCO[Si](C)(C)C(C)(C)C)CCCO[Si](C)(C)C(C)(C)C)cnc4N)cc3c2)c1. The zero-order chi connectivity index (χ0) is 40.1. The third-order valence-corrected chi connectivity index (χ3v) is 23.1. The molecule has 4 N–H and O–H groups in total. The van der Waals surface area contributed by atoms with Gasteiger partial charge in [-0.25, -0.2) is 14.0 Å². The highest BCUT2D eigenvalue weighted by Crippen LogP contribution is 2.39. The van der Waals surface area contributed by atoms with Gasteiger partial charge in [-0.3, -0.25) is 4.79 Å². The maximum atomic E-state index is 14.4. The second-order valence-electron chi connectivity index (χ2n) is 17.0. The highest BCUT2D eigenvalue weighted by molar-refractivity contribution is 7.93. The van der Waals surface area contributed by atoms with Crippen molar-refractivity contribution in [1.29, 1.82) is 0 Å². The van der Waals surface area contributed by atoms with Gasteiger partial charge >= 0.3 is 6.03 Å². The number of fused-ring (bicyclic) bond motifs is 1. The summed E-state index contributed by atoms with van der Waals surface area (Å²) >= 11 is 1.50. The molecule has 0 spiro atoms. The number of hydrogen-bond donors (Lipinski definition) is 3. The number of carbonyl (C=O) groups is 2. The van der Waals surface area contributed by atoms with Gasteiger partial charge in [0.1, 0.15) is 5.82 Å². The average molecular weight is 810 g/mol. The highest BCUT2D eigenvalue weighted by atomic mass is 32.2. The van der Waals surface area contributed by atoms with Crippen molar-refractivity contribution in [2.24, 2.45) is 4.36 Å². The van der Waals surface area contributed by atoms with Crippen molar-refractivity contribution in [2.75, 3.05) is 41.1 Å². The third kappa shape index (κ3) is 11.6. The van der Waals surface area contributed by atoms with Gasteiger partial charge in [0, 0.05) is 57.4 Å². The molecule has 10 nitrogen and oxygen atoms in total. The molecule has 0 unspecified atom stereocenters. The van der Waals surface area contributed by atoms with Crippen LogP contribution in [0.4, 0.5) is 22.0 Å². The van der Waals surface area contributed by atoms with Crippen molar-refractivity contribution in [1.82, 2.24) is 4.98 Å². The molecule has 2 aromatic heterocycles. The van der Waals surface area contributed by atoms with Gasteiger partial charge in [0.15, 0.2) is 16.6 Å². The molecule has 0 atom stereocenters. The number of hydrogen-bond acceptors (Lipinski definition) is 8. The maximum Gasteiger partial charge on any atom is 0.323 e. The van der Waals surface area contributed by atoms with Gasteiger partial charge in [-0.05, 0) is 109 Å². The normalized spacial score (nSPS) is 12.9. The molecule has 14 heteroatoms. The van der Waals surface area contributed by atoms with Crippen molar-refractivity contribution in [3.8, 4) is 10.4 Å². The minimum absolute atomic E-state index is 0.0572. The molecule has 54 heavy (non-hydrogen) atoms. The van der Waals surface area contributed by atoms with Crippen LogP contribution >= 0.6 is 11.3 Å². The number of urea groups is 1. The van der Waals surface area contributed by atoms with Crippen molar-refractivity contribution in [3.05, 3.63) is 71.9 Å². The fourth-order valence-electron chi connectivity index (χ4n) is 5.11. The fourth-order valence-corrected chi connectivity index (χ4v) is 10.3. The smallest absolute Gasteiger partial charge is 0.323 e. The number of benzene rings is 2. The quantitative estimate of drug-likeness (QED) is 0.0849. The number of rotatable bonds is 14. The van der Waals surface area contributed by atoms with Crippen LogP contribution in [0.15, 0.2) is 65.2 Å². The first-order chi connectivity index (χ1) is 25.0. The van der Waals surface area contributed by atoms with Crippen LogP contribution in [0.3, 0.4) is 0 Å². The second-order valence-corrected chi connectivity index (χ2v) is 30.2. The van der Waals surface area contributed by atoms with E-state index in [4.69, 9.17) is 14.6 Å². The molecule has 294 valence electrons. The Hall–Kier alpha value is -3.41. The first kappa shape index (κ1) is 43.3. The number of nitrogens with two attached hydrogens (primary N) is 1. The summed E-state index contributed by atoms with van der Waals surface area (Å²) in [5, 5.41) is 6.76. The minimum Gasteiger partial charge on any atom is -0.417 e. The van der Waals surface area contributed by atoms with Gasteiger partial charge in [0.05, 0.1) is 15.3 Å². The molecule has 4 rings (SSSR count). The summed E-state index contributed by atoms with van der Waals surface area (Å²) in [5.41, 5.74) is 9.54. The lowest BCUT2D eigenvalue weighted by molar-refractivity contribution is 0.100. The van der Waals surface area contributed by atoms with E-state index in [-0.39, 0.29) is 39.0 Å². The van der Waals surface area contributed by atoms with Crippen LogP contribution in [0.25, 0.3) is 20.5 Å². The lowest BCUT2D eigenvalue weighted by Crippen LogP contribution is -2.41. The van der Waals surface area contributed by atoms with Crippen molar-refractivity contribution in [3.63, 3.8) is 0 Å². The molecule has 0 radical (unpaired) electrons.